The van der Waals surface area contributed by atoms with Crippen molar-refractivity contribution in [1.29, 1.82) is 0 Å². The zero-order valence-corrected chi connectivity index (χ0v) is 18.7. The second kappa shape index (κ2) is 11.0. The molecule has 0 bridgehead atoms. The number of hydrogen-bond donors (Lipinski definition) is 2. The molecule has 2 aromatic carbocycles. The fraction of sp³-hybridized carbons (Fsp3) is 0.292. The fourth-order valence-corrected chi connectivity index (χ4v) is 3.39. The molecule has 174 valence electrons. The van der Waals surface area contributed by atoms with Crippen LogP contribution in [0.15, 0.2) is 64.2 Å². The molecule has 0 atom stereocenters. The predicted octanol–water partition coefficient (Wildman–Crippen LogP) is 2.39. The van der Waals surface area contributed by atoms with Gasteiger partial charge in [-0.05, 0) is 24.1 Å². The number of nitrogens with one attached hydrogen (secondary N) is 1. The zero-order chi connectivity index (χ0) is 23.8. The summed E-state index contributed by atoms with van der Waals surface area (Å²) in [5.74, 6) is 0.352. The molecule has 0 saturated carbocycles. The number of ether oxygens (including phenoxy) is 2. The second-order valence-electron chi connectivity index (χ2n) is 7.40. The van der Waals surface area contributed by atoms with Crippen LogP contribution in [-0.4, -0.2) is 35.7 Å². The van der Waals surface area contributed by atoms with E-state index in [-0.39, 0.29) is 31.2 Å². The summed E-state index contributed by atoms with van der Waals surface area (Å²) in [6, 6.07) is 16.2. The van der Waals surface area contributed by atoms with Crippen molar-refractivity contribution in [2.75, 3.05) is 30.9 Å². The Morgan fingerprint density at radius 2 is 1.73 bits per heavy atom. The fourth-order valence-electron chi connectivity index (χ4n) is 3.39. The summed E-state index contributed by atoms with van der Waals surface area (Å²) in [5, 5.41) is 0. The quantitative estimate of drug-likeness (QED) is 0.487. The maximum atomic E-state index is 13.1. The number of anilines is 2. The van der Waals surface area contributed by atoms with E-state index >= 15 is 0 Å². The molecule has 0 saturated heterocycles. The van der Waals surface area contributed by atoms with Gasteiger partial charge in [0.2, 0.25) is 0 Å². The van der Waals surface area contributed by atoms with Crippen molar-refractivity contribution >= 4 is 17.4 Å². The van der Waals surface area contributed by atoms with Gasteiger partial charge in [-0.15, -0.1) is 0 Å². The minimum atomic E-state index is -0.719. The van der Waals surface area contributed by atoms with Crippen LogP contribution < -0.4 is 31.4 Å². The molecule has 0 radical (unpaired) electrons. The lowest BCUT2D eigenvalue weighted by atomic mass is 10.2. The first-order valence-electron chi connectivity index (χ1n) is 10.7. The van der Waals surface area contributed by atoms with Crippen LogP contribution in [-0.2, 0) is 11.3 Å². The zero-order valence-electron chi connectivity index (χ0n) is 18.7. The molecule has 0 aliphatic carbocycles. The van der Waals surface area contributed by atoms with Crippen molar-refractivity contribution in [2.24, 2.45) is 0 Å². The topological polar surface area (TPSA) is 120 Å². The Balaban J connectivity index is 1.94. The lowest BCUT2D eigenvalue weighted by Crippen LogP contribution is -2.43. The summed E-state index contributed by atoms with van der Waals surface area (Å²) in [5.41, 5.74) is 5.69. The van der Waals surface area contributed by atoms with Crippen LogP contribution in [0.5, 0.6) is 11.5 Å². The number of unbranched alkanes of at least 4 members (excludes halogenated alkanes) is 1. The van der Waals surface area contributed by atoms with Crippen molar-refractivity contribution < 1.29 is 14.3 Å². The number of carbonyl (C=O) groups excluding carboxylic acids is 1. The summed E-state index contributed by atoms with van der Waals surface area (Å²) in [6.07, 6.45) is 1.43. The first kappa shape index (κ1) is 23.6. The van der Waals surface area contributed by atoms with Gasteiger partial charge in [-0.3, -0.25) is 19.1 Å². The average Bonchev–Trinajstić information content (AvgIpc) is 2.83. The highest BCUT2D eigenvalue weighted by atomic mass is 16.5. The van der Waals surface area contributed by atoms with E-state index in [2.05, 4.69) is 4.98 Å². The van der Waals surface area contributed by atoms with Crippen LogP contribution in [0.2, 0.25) is 0 Å². The molecule has 1 aromatic heterocycles. The van der Waals surface area contributed by atoms with Crippen LogP contribution in [0, 0.1) is 0 Å². The standard InChI is InChI=1S/C24H28N4O5/c1-3-4-14-27(20(29)16-33-19-13-9-8-12-18(19)32-2)21-22(25)28(24(31)26-23(21)30)15-17-10-6-5-7-11-17/h5-13H,3-4,14-16,25H2,1-2H3,(H,26,30,31). The first-order valence-corrected chi connectivity index (χ1v) is 10.7. The molecule has 1 amide bonds. The monoisotopic (exact) mass is 452 g/mol. The van der Waals surface area contributed by atoms with Gasteiger partial charge in [-0.25, -0.2) is 4.79 Å². The third-order valence-electron chi connectivity index (χ3n) is 5.12. The van der Waals surface area contributed by atoms with Crippen LogP contribution in [0.3, 0.4) is 0 Å². The number of H-pyrrole nitrogens is 1. The highest BCUT2D eigenvalue weighted by Crippen LogP contribution is 2.26. The Morgan fingerprint density at radius 3 is 2.39 bits per heavy atom. The third-order valence-corrected chi connectivity index (χ3v) is 5.12. The number of aromatic nitrogens is 2. The summed E-state index contributed by atoms with van der Waals surface area (Å²) < 4.78 is 12.2. The number of hydrogen-bond acceptors (Lipinski definition) is 6. The average molecular weight is 453 g/mol. The lowest BCUT2D eigenvalue weighted by Gasteiger charge is -2.24. The van der Waals surface area contributed by atoms with Gasteiger partial charge in [0, 0.05) is 6.54 Å². The number of benzene rings is 2. The number of rotatable bonds is 10. The van der Waals surface area contributed by atoms with Gasteiger partial charge in [0.15, 0.2) is 23.8 Å². The van der Waals surface area contributed by atoms with E-state index in [1.165, 1.54) is 16.6 Å². The largest absolute Gasteiger partial charge is 0.493 e. The number of carbonyl (C=O) groups is 1. The minimum Gasteiger partial charge on any atom is -0.493 e. The van der Waals surface area contributed by atoms with Crippen molar-refractivity contribution in [3.05, 3.63) is 81.0 Å². The third kappa shape index (κ3) is 5.62. The molecule has 33 heavy (non-hydrogen) atoms. The second-order valence-corrected chi connectivity index (χ2v) is 7.40. The van der Waals surface area contributed by atoms with Crippen LogP contribution >= 0.6 is 0 Å². The molecule has 0 fully saturated rings. The predicted molar refractivity (Wildman–Crippen MR) is 127 cm³/mol. The highest BCUT2D eigenvalue weighted by Gasteiger charge is 2.24. The van der Waals surface area contributed by atoms with E-state index in [9.17, 15) is 14.4 Å². The maximum absolute atomic E-state index is 13.1. The smallest absolute Gasteiger partial charge is 0.330 e. The van der Waals surface area contributed by atoms with Gasteiger partial charge < -0.3 is 20.1 Å². The Kier molecular flexibility index (Phi) is 7.91. The number of amides is 1. The van der Waals surface area contributed by atoms with Gasteiger partial charge in [0.05, 0.1) is 13.7 Å². The number of nitrogens with two attached hydrogens (primary N) is 1. The number of aromatic amines is 1. The van der Waals surface area contributed by atoms with Crippen LogP contribution in [0.4, 0.5) is 11.5 Å². The van der Waals surface area contributed by atoms with Crippen molar-refractivity contribution in [1.82, 2.24) is 9.55 Å². The molecule has 0 unspecified atom stereocenters. The molecule has 9 heteroatoms. The Labute approximate surface area is 191 Å². The van der Waals surface area contributed by atoms with Crippen molar-refractivity contribution in [3.8, 4) is 11.5 Å². The van der Waals surface area contributed by atoms with Crippen LogP contribution in [0.25, 0.3) is 0 Å². The Morgan fingerprint density at radius 1 is 1.06 bits per heavy atom. The normalized spacial score (nSPS) is 10.6. The molecule has 3 N–H and O–H groups in total. The molecule has 1 heterocycles. The van der Waals surface area contributed by atoms with Crippen molar-refractivity contribution in [2.45, 2.75) is 26.3 Å². The highest BCUT2D eigenvalue weighted by molar-refractivity contribution is 5.96. The number of nitrogens with zero attached hydrogens (tertiary/aromatic N) is 2. The van der Waals surface area contributed by atoms with Gasteiger partial charge in [-0.1, -0.05) is 55.8 Å². The molecule has 3 rings (SSSR count). The van der Waals surface area contributed by atoms with E-state index in [1.807, 2.05) is 37.3 Å². The van der Waals surface area contributed by atoms with Crippen molar-refractivity contribution in [3.63, 3.8) is 0 Å². The summed E-state index contributed by atoms with van der Waals surface area (Å²) in [7, 11) is 1.51. The molecule has 9 nitrogen and oxygen atoms in total. The Hall–Kier alpha value is -4.01. The first-order chi connectivity index (χ1) is 16.0. The Bertz CT molecular complexity index is 1200. The van der Waals surface area contributed by atoms with Gasteiger partial charge in [0.25, 0.3) is 11.5 Å². The van der Waals surface area contributed by atoms with E-state index < -0.39 is 17.2 Å². The van der Waals surface area contributed by atoms with E-state index in [0.29, 0.717) is 17.9 Å². The van der Waals surface area contributed by atoms with Gasteiger partial charge >= 0.3 is 5.69 Å². The number of nitrogen functional groups attached to an aromatic ring is 1. The summed E-state index contributed by atoms with van der Waals surface area (Å²) in [6.45, 7) is 2.04. The van der Waals surface area contributed by atoms with E-state index in [4.69, 9.17) is 15.2 Å². The molecule has 0 aliphatic heterocycles. The number of methoxy groups -OCH3 is 1. The molecule has 0 aliphatic rings. The maximum Gasteiger partial charge on any atom is 0.330 e. The SMILES string of the molecule is CCCCN(C(=O)COc1ccccc1OC)c1c(N)n(Cc2ccccc2)c(=O)[nH]c1=O. The van der Waals surface area contributed by atoms with E-state index in [1.54, 1.807) is 24.3 Å². The molecule has 3 aromatic rings. The summed E-state index contributed by atoms with van der Waals surface area (Å²) in [4.78, 5) is 42.0. The summed E-state index contributed by atoms with van der Waals surface area (Å²) >= 11 is 0. The lowest BCUT2D eigenvalue weighted by molar-refractivity contribution is -0.120. The number of para-hydroxylation sites is 2. The molecular formula is C24H28N4O5. The van der Waals surface area contributed by atoms with Gasteiger partial charge in [-0.2, -0.15) is 0 Å². The molecular weight excluding hydrogens is 424 g/mol. The minimum absolute atomic E-state index is 0.0624. The molecule has 0 spiro atoms. The van der Waals surface area contributed by atoms with E-state index in [0.717, 1.165) is 12.0 Å². The van der Waals surface area contributed by atoms with Crippen LogP contribution in [0.1, 0.15) is 25.3 Å². The van der Waals surface area contributed by atoms with Gasteiger partial charge in [0.1, 0.15) is 5.82 Å².